The van der Waals surface area contributed by atoms with Gasteiger partial charge in [0, 0.05) is 0 Å². The number of fused-ring (bicyclic) bond motifs is 1. The van der Waals surface area contributed by atoms with Crippen LogP contribution in [0.25, 0.3) is 0 Å². The number of hydrogen-bond donors (Lipinski definition) is 1. The summed E-state index contributed by atoms with van der Waals surface area (Å²) in [6.07, 6.45) is 5.46. The Balaban J connectivity index is 1.84. The molecule has 0 saturated heterocycles. The molecule has 2 aliphatic carbocycles. The second-order valence-electron chi connectivity index (χ2n) is 4.69. The van der Waals surface area contributed by atoms with Crippen molar-refractivity contribution < 1.29 is 9.90 Å². The first kappa shape index (κ1) is 9.51. The van der Waals surface area contributed by atoms with Crippen LogP contribution in [0.1, 0.15) is 32.1 Å². The Morgan fingerprint density at radius 1 is 1.43 bits per heavy atom. The highest BCUT2D eigenvalue weighted by molar-refractivity contribution is 5.72. The van der Waals surface area contributed by atoms with Crippen molar-refractivity contribution in [3.05, 3.63) is 0 Å². The Morgan fingerprint density at radius 3 is 2.79 bits per heavy atom. The molecule has 0 aromatic rings. The maximum absolute atomic E-state index is 10.7. The molecule has 0 amide bonds. The maximum Gasteiger partial charge on any atom is 0.320 e. The predicted octanol–water partition coefficient (Wildman–Crippen LogP) is 2.04. The van der Waals surface area contributed by atoms with E-state index < -0.39 is 11.9 Å². The van der Waals surface area contributed by atoms with Gasteiger partial charge in [-0.05, 0) is 43.4 Å². The molecule has 0 aromatic heterocycles. The van der Waals surface area contributed by atoms with Crippen LogP contribution in [0, 0.1) is 35.0 Å². The molecular formula is C11H15NO2. The molecule has 1 N–H and O–H groups in total. The lowest BCUT2D eigenvalue weighted by Crippen LogP contribution is -2.18. The van der Waals surface area contributed by atoms with Gasteiger partial charge < -0.3 is 5.11 Å². The van der Waals surface area contributed by atoms with Gasteiger partial charge in [0.05, 0.1) is 6.07 Å². The Labute approximate surface area is 83.7 Å². The summed E-state index contributed by atoms with van der Waals surface area (Å²) in [6, 6.07) is 1.88. The van der Waals surface area contributed by atoms with Crippen molar-refractivity contribution >= 4 is 5.97 Å². The molecule has 4 unspecified atom stereocenters. The first-order chi connectivity index (χ1) is 6.70. The summed E-state index contributed by atoms with van der Waals surface area (Å²) in [5.74, 6) is 0.554. The number of hydrogen-bond acceptors (Lipinski definition) is 2. The van der Waals surface area contributed by atoms with Crippen LogP contribution < -0.4 is 0 Å². The Kier molecular flexibility index (Phi) is 2.45. The van der Waals surface area contributed by atoms with Gasteiger partial charge in [0.1, 0.15) is 5.92 Å². The van der Waals surface area contributed by atoms with Gasteiger partial charge >= 0.3 is 5.97 Å². The topological polar surface area (TPSA) is 61.1 Å². The van der Waals surface area contributed by atoms with E-state index in [1.54, 1.807) is 0 Å². The molecule has 0 aliphatic heterocycles. The Bertz CT molecular complexity index is 282. The van der Waals surface area contributed by atoms with E-state index >= 15 is 0 Å². The fraction of sp³-hybridized carbons (Fsp3) is 0.818. The monoisotopic (exact) mass is 193 g/mol. The van der Waals surface area contributed by atoms with E-state index in [1.807, 2.05) is 6.07 Å². The summed E-state index contributed by atoms with van der Waals surface area (Å²) in [5, 5.41) is 17.4. The molecule has 0 bridgehead atoms. The highest BCUT2D eigenvalue weighted by Gasteiger charge is 2.42. The largest absolute Gasteiger partial charge is 0.480 e. The number of aliphatic carboxylic acids is 1. The number of nitrogens with zero attached hydrogens (tertiary/aromatic N) is 1. The van der Waals surface area contributed by atoms with Crippen molar-refractivity contribution in [1.82, 2.24) is 0 Å². The van der Waals surface area contributed by atoms with E-state index in [9.17, 15) is 4.79 Å². The van der Waals surface area contributed by atoms with Gasteiger partial charge in [-0.2, -0.15) is 5.26 Å². The van der Waals surface area contributed by atoms with Gasteiger partial charge in [0.25, 0.3) is 0 Å². The molecule has 3 heteroatoms. The molecule has 2 aliphatic rings. The summed E-state index contributed by atoms with van der Waals surface area (Å²) in [4.78, 5) is 10.7. The molecule has 0 radical (unpaired) electrons. The zero-order valence-electron chi connectivity index (χ0n) is 8.15. The van der Waals surface area contributed by atoms with E-state index in [1.165, 1.54) is 12.8 Å². The zero-order chi connectivity index (χ0) is 10.1. The Morgan fingerprint density at radius 2 is 2.21 bits per heavy atom. The second kappa shape index (κ2) is 3.61. The van der Waals surface area contributed by atoms with Crippen molar-refractivity contribution in [2.24, 2.45) is 23.7 Å². The summed E-state index contributed by atoms with van der Waals surface area (Å²) in [6.45, 7) is 0. The van der Waals surface area contributed by atoms with Crippen LogP contribution in [-0.4, -0.2) is 11.1 Å². The lowest BCUT2D eigenvalue weighted by Gasteiger charge is -2.21. The Hall–Kier alpha value is -1.04. The minimum absolute atomic E-state index is 0.486. The quantitative estimate of drug-likeness (QED) is 0.746. The van der Waals surface area contributed by atoms with Crippen molar-refractivity contribution in [1.29, 1.82) is 5.26 Å². The van der Waals surface area contributed by atoms with Gasteiger partial charge in [-0.15, -0.1) is 0 Å². The van der Waals surface area contributed by atoms with Gasteiger partial charge in [-0.25, -0.2) is 0 Å². The third kappa shape index (κ3) is 1.89. The van der Waals surface area contributed by atoms with Crippen LogP contribution in [-0.2, 0) is 4.79 Å². The number of rotatable bonds is 3. The standard InChI is InChI=1S/C11H15NO2/c12-6-10(11(13)14)4-7-1-2-8-5-9(8)3-7/h7-10H,1-5H2,(H,13,14). The average molecular weight is 193 g/mol. The predicted molar refractivity (Wildman–Crippen MR) is 50.3 cm³/mol. The third-order valence-corrected chi connectivity index (χ3v) is 3.67. The third-order valence-electron chi connectivity index (χ3n) is 3.67. The molecule has 2 fully saturated rings. The molecule has 2 saturated carbocycles. The molecule has 76 valence electrons. The first-order valence-corrected chi connectivity index (χ1v) is 5.33. The fourth-order valence-corrected chi connectivity index (χ4v) is 2.70. The number of carboxylic acid groups (broad SMARTS) is 1. The number of nitriles is 1. The van der Waals surface area contributed by atoms with Crippen molar-refractivity contribution in [3.63, 3.8) is 0 Å². The smallest absolute Gasteiger partial charge is 0.320 e. The number of carboxylic acids is 1. The summed E-state index contributed by atoms with van der Waals surface area (Å²) >= 11 is 0. The zero-order valence-corrected chi connectivity index (χ0v) is 8.15. The molecule has 0 aromatic carbocycles. The molecule has 14 heavy (non-hydrogen) atoms. The lowest BCUT2D eigenvalue weighted by atomic mass is 9.83. The van der Waals surface area contributed by atoms with Crippen molar-refractivity contribution in [2.45, 2.75) is 32.1 Å². The summed E-state index contributed by atoms with van der Waals surface area (Å²) < 4.78 is 0. The summed E-state index contributed by atoms with van der Waals surface area (Å²) in [5.41, 5.74) is 0. The van der Waals surface area contributed by atoms with Gasteiger partial charge in [-0.1, -0.05) is 6.42 Å². The minimum Gasteiger partial charge on any atom is -0.480 e. The van der Waals surface area contributed by atoms with E-state index in [4.69, 9.17) is 10.4 Å². The first-order valence-electron chi connectivity index (χ1n) is 5.33. The SMILES string of the molecule is N#CC(CC1CCC2CC2C1)C(=O)O. The highest BCUT2D eigenvalue weighted by Crippen LogP contribution is 2.52. The second-order valence-corrected chi connectivity index (χ2v) is 4.69. The van der Waals surface area contributed by atoms with E-state index in [0.29, 0.717) is 12.3 Å². The van der Waals surface area contributed by atoms with Crippen LogP contribution in [0.3, 0.4) is 0 Å². The minimum atomic E-state index is -0.953. The van der Waals surface area contributed by atoms with Crippen molar-refractivity contribution in [2.75, 3.05) is 0 Å². The van der Waals surface area contributed by atoms with Crippen LogP contribution in [0.5, 0.6) is 0 Å². The fourth-order valence-electron chi connectivity index (χ4n) is 2.70. The van der Waals surface area contributed by atoms with Gasteiger partial charge in [0.15, 0.2) is 0 Å². The normalized spacial score (nSPS) is 36.6. The highest BCUT2D eigenvalue weighted by atomic mass is 16.4. The maximum atomic E-state index is 10.7. The molecule has 4 atom stereocenters. The summed E-state index contributed by atoms with van der Waals surface area (Å²) in [7, 11) is 0. The molecular weight excluding hydrogens is 178 g/mol. The van der Waals surface area contributed by atoms with Gasteiger partial charge in [0.2, 0.25) is 0 Å². The van der Waals surface area contributed by atoms with Crippen LogP contribution in [0.15, 0.2) is 0 Å². The van der Waals surface area contributed by atoms with E-state index in [2.05, 4.69) is 0 Å². The van der Waals surface area contributed by atoms with E-state index in [0.717, 1.165) is 24.7 Å². The van der Waals surface area contributed by atoms with Crippen LogP contribution >= 0.6 is 0 Å². The molecule has 0 heterocycles. The average Bonchev–Trinajstić information content (AvgIpc) is 2.91. The van der Waals surface area contributed by atoms with Crippen LogP contribution in [0.2, 0.25) is 0 Å². The van der Waals surface area contributed by atoms with Crippen LogP contribution in [0.4, 0.5) is 0 Å². The number of carbonyl (C=O) groups is 1. The molecule has 0 spiro atoms. The van der Waals surface area contributed by atoms with E-state index in [-0.39, 0.29) is 0 Å². The molecule has 2 rings (SSSR count). The van der Waals surface area contributed by atoms with Crippen molar-refractivity contribution in [3.8, 4) is 6.07 Å². The molecule has 3 nitrogen and oxygen atoms in total. The van der Waals surface area contributed by atoms with Gasteiger partial charge in [-0.3, -0.25) is 4.79 Å². The lowest BCUT2D eigenvalue weighted by molar-refractivity contribution is -0.140.